The van der Waals surface area contributed by atoms with E-state index in [0.717, 1.165) is 18.6 Å². The molecular formula is C29H24O. The first-order valence-electron chi connectivity index (χ1n) is 10.8. The molecule has 3 aliphatic rings. The predicted molar refractivity (Wildman–Crippen MR) is 124 cm³/mol. The van der Waals surface area contributed by atoms with E-state index in [2.05, 4.69) is 91.0 Å². The Morgan fingerprint density at radius 3 is 2.63 bits per heavy atom. The fraction of sp³-hybridized carbons (Fsp3) is 0.172. The Kier molecular flexibility index (Phi) is 4.02. The van der Waals surface area contributed by atoms with Crippen LogP contribution in [0.5, 0.6) is 5.75 Å². The second-order valence-electron chi connectivity index (χ2n) is 8.39. The number of hydrogen-bond donors (Lipinski definition) is 0. The molecular weight excluding hydrogens is 364 g/mol. The smallest absolute Gasteiger partial charge is 0.119 e. The van der Waals surface area contributed by atoms with Gasteiger partial charge >= 0.3 is 0 Å². The summed E-state index contributed by atoms with van der Waals surface area (Å²) in [4.78, 5) is 0. The zero-order chi connectivity index (χ0) is 20.1. The molecule has 0 aliphatic heterocycles. The summed E-state index contributed by atoms with van der Waals surface area (Å²) >= 11 is 0. The average Bonchev–Trinajstić information content (AvgIpc) is 2.83. The summed E-state index contributed by atoms with van der Waals surface area (Å²) in [6, 6.07) is 24.4. The van der Waals surface area contributed by atoms with Gasteiger partial charge in [0.2, 0.25) is 0 Å². The lowest BCUT2D eigenvalue weighted by Gasteiger charge is -2.38. The lowest BCUT2D eigenvalue weighted by molar-refractivity contribution is 0.413. The lowest BCUT2D eigenvalue weighted by atomic mass is 9.65. The van der Waals surface area contributed by atoms with Crippen LogP contribution < -0.4 is 15.2 Å². The van der Waals surface area contributed by atoms with E-state index in [9.17, 15) is 0 Å². The highest BCUT2D eigenvalue weighted by molar-refractivity contribution is 5.80. The van der Waals surface area contributed by atoms with E-state index < -0.39 is 0 Å². The highest BCUT2D eigenvalue weighted by Crippen LogP contribution is 2.47. The summed E-state index contributed by atoms with van der Waals surface area (Å²) in [5, 5.41) is 2.87. The molecule has 0 heterocycles. The van der Waals surface area contributed by atoms with Gasteiger partial charge in [-0.05, 0) is 63.2 Å². The fourth-order valence-electron chi connectivity index (χ4n) is 5.65. The van der Waals surface area contributed by atoms with Crippen LogP contribution >= 0.6 is 0 Å². The minimum atomic E-state index is 0.396. The molecule has 1 nitrogen and oxygen atoms in total. The van der Waals surface area contributed by atoms with Crippen LogP contribution in [0.3, 0.4) is 0 Å². The van der Waals surface area contributed by atoms with Gasteiger partial charge in [0.05, 0.1) is 7.11 Å². The maximum absolute atomic E-state index is 5.52. The van der Waals surface area contributed by atoms with Crippen molar-refractivity contribution in [3.05, 3.63) is 113 Å². The van der Waals surface area contributed by atoms with Crippen molar-refractivity contribution in [2.45, 2.75) is 18.8 Å². The van der Waals surface area contributed by atoms with Crippen molar-refractivity contribution in [1.82, 2.24) is 0 Å². The van der Waals surface area contributed by atoms with E-state index in [1.165, 1.54) is 38.3 Å². The zero-order valence-electron chi connectivity index (χ0n) is 17.1. The Labute approximate surface area is 177 Å². The second-order valence-corrected chi connectivity index (χ2v) is 8.39. The molecule has 3 aromatic carbocycles. The van der Waals surface area contributed by atoms with Crippen molar-refractivity contribution in [2.75, 3.05) is 7.11 Å². The maximum Gasteiger partial charge on any atom is 0.119 e. The van der Waals surface area contributed by atoms with Gasteiger partial charge in [0.25, 0.3) is 0 Å². The van der Waals surface area contributed by atoms with E-state index in [1.54, 1.807) is 12.7 Å². The van der Waals surface area contributed by atoms with Gasteiger partial charge in [0.15, 0.2) is 0 Å². The third-order valence-corrected chi connectivity index (χ3v) is 6.93. The molecule has 0 unspecified atom stereocenters. The van der Waals surface area contributed by atoms with E-state index in [-0.39, 0.29) is 0 Å². The van der Waals surface area contributed by atoms with Crippen molar-refractivity contribution in [3.8, 4) is 16.9 Å². The van der Waals surface area contributed by atoms with Crippen LogP contribution in [0.25, 0.3) is 22.3 Å². The number of rotatable bonds is 2. The third-order valence-electron chi connectivity index (χ3n) is 6.93. The van der Waals surface area contributed by atoms with Gasteiger partial charge in [0, 0.05) is 11.8 Å². The largest absolute Gasteiger partial charge is 0.497 e. The van der Waals surface area contributed by atoms with Gasteiger partial charge in [-0.15, -0.1) is 0 Å². The van der Waals surface area contributed by atoms with Crippen LogP contribution in [0.1, 0.15) is 23.5 Å². The van der Waals surface area contributed by atoms with Crippen LogP contribution in [0.15, 0.2) is 91.0 Å². The Morgan fingerprint density at radius 2 is 1.77 bits per heavy atom. The van der Waals surface area contributed by atoms with Gasteiger partial charge in [0.1, 0.15) is 5.75 Å². The molecule has 146 valence electrons. The predicted octanol–water partition coefficient (Wildman–Crippen LogP) is 5.15. The lowest BCUT2D eigenvalue weighted by Crippen LogP contribution is -2.41. The molecule has 30 heavy (non-hydrogen) atoms. The van der Waals surface area contributed by atoms with E-state index in [1.807, 2.05) is 0 Å². The van der Waals surface area contributed by atoms with Gasteiger partial charge in [-0.25, -0.2) is 0 Å². The fourth-order valence-corrected chi connectivity index (χ4v) is 5.65. The van der Waals surface area contributed by atoms with E-state index in [0.29, 0.717) is 11.8 Å². The van der Waals surface area contributed by atoms with Crippen LogP contribution in [0, 0.1) is 5.92 Å². The minimum Gasteiger partial charge on any atom is -0.497 e. The number of methoxy groups -OCH3 is 1. The SMILES string of the molecule is COc1ccc2c(c1)CCC1=c3c(-c4ccccc4)cccc3=C3C=CC=C[C@H]3[C@H]12. The van der Waals surface area contributed by atoms with Crippen LogP contribution in [-0.4, -0.2) is 7.11 Å². The Hall–Kier alpha value is -3.32. The normalized spacial score (nSPS) is 20.8. The average molecular weight is 389 g/mol. The maximum atomic E-state index is 5.52. The number of ether oxygens (including phenoxy) is 1. The molecule has 0 saturated heterocycles. The van der Waals surface area contributed by atoms with Crippen LogP contribution in [-0.2, 0) is 6.42 Å². The molecule has 0 bridgehead atoms. The molecule has 0 aromatic heterocycles. The molecule has 6 rings (SSSR count). The second kappa shape index (κ2) is 6.88. The zero-order valence-corrected chi connectivity index (χ0v) is 17.1. The number of benzene rings is 3. The molecule has 1 heteroatoms. The van der Waals surface area contributed by atoms with Crippen molar-refractivity contribution >= 4 is 11.1 Å². The van der Waals surface area contributed by atoms with Gasteiger partial charge in [-0.2, -0.15) is 0 Å². The number of fused-ring (bicyclic) bond motifs is 6. The van der Waals surface area contributed by atoms with Crippen molar-refractivity contribution < 1.29 is 4.74 Å². The minimum absolute atomic E-state index is 0.396. The summed E-state index contributed by atoms with van der Waals surface area (Å²) in [7, 11) is 1.76. The Balaban J connectivity index is 1.71. The molecule has 0 spiro atoms. The van der Waals surface area contributed by atoms with Gasteiger partial charge in [-0.1, -0.05) is 84.5 Å². The first-order chi connectivity index (χ1) is 14.8. The van der Waals surface area contributed by atoms with Crippen LogP contribution in [0.4, 0.5) is 0 Å². The molecule has 0 fully saturated rings. The van der Waals surface area contributed by atoms with Gasteiger partial charge < -0.3 is 4.74 Å². The molecule has 0 saturated carbocycles. The van der Waals surface area contributed by atoms with Gasteiger partial charge in [-0.3, -0.25) is 0 Å². The van der Waals surface area contributed by atoms with Crippen molar-refractivity contribution in [1.29, 1.82) is 0 Å². The highest BCUT2D eigenvalue weighted by atomic mass is 16.5. The van der Waals surface area contributed by atoms with E-state index >= 15 is 0 Å². The topological polar surface area (TPSA) is 9.23 Å². The first-order valence-corrected chi connectivity index (χ1v) is 10.8. The van der Waals surface area contributed by atoms with Crippen LogP contribution in [0.2, 0.25) is 0 Å². The summed E-state index contributed by atoms with van der Waals surface area (Å²) in [6.07, 6.45) is 11.3. The van der Waals surface area contributed by atoms with E-state index in [4.69, 9.17) is 4.74 Å². The van der Waals surface area contributed by atoms with Crippen molar-refractivity contribution in [3.63, 3.8) is 0 Å². The summed E-state index contributed by atoms with van der Waals surface area (Å²) in [6.45, 7) is 0. The third kappa shape index (κ3) is 2.55. The number of hydrogen-bond acceptors (Lipinski definition) is 1. The summed E-state index contributed by atoms with van der Waals surface area (Å²) in [5.41, 5.74) is 8.60. The molecule has 0 radical (unpaired) electrons. The molecule has 0 N–H and O–H groups in total. The Morgan fingerprint density at radius 1 is 0.867 bits per heavy atom. The molecule has 3 aromatic rings. The molecule has 3 aliphatic carbocycles. The summed E-state index contributed by atoms with van der Waals surface area (Å²) in [5.74, 6) is 1.76. The number of aryl methyl sites for hydroxylation is 1. The summed E-state index contributed by atoms with van der Waals surface area (Å²) < 4.78 is 5.52. The quantitative estimate of drug-likeness (QED) is 0.590. The number of allylic oxidation sites excluding steroid dienone is 4. The Bertz CT molecular complexity index is 1320. The monoisotopic (exact) mass is 388 g/mol. The molecule has 0 amide bonds. The molecule has 2 atom stereocenters. The first kappa shape index (κ1) is 17.5. The highest BCUT2D eigenvalue weighted by Gasteiger charge is 2.36. The standard InChI is InChI=1S/C29H24O/c1-30-21-15-17-23-20(18-21)14-16-27-28-22(19-8-3-2-4-9-19)12-7-13-26(28)24-10-5-6-11-25(24)29(23)27/h2-13,15,17-18,25,29H,14,16H2,1H3/t25-,29-/m1/s1. The van der Waals surface area contributed by atoms with Crippen molar-refractivity contribution in [2.24, 2.45) is 5.92 Å².